The summed E-state index contributed by atoms with van der Waals surface area (Å²) in [5.41, 5.74) is 0.488. The van der Waals surface area contributed by atoms with Crippen molar-refractivity contribution in [3.8, 4) is 0 Å². The first kappa shape index (κ1) is 6.50. The Hall–Kier alpha value is -0.500. The Labute approximate surface area is 46.9 Å². The highest BCUT2D eigenvalue weighted by atomic mass is 35.5. The van der Waals surface area contributed by atoms with Gasteiger partial charge in [-0.05, 0) is 6.92 Å². The summed E-state index contributed by atoms with van der Waals surface area (Å²) in [5, 5.41) is 13.2. The summed E-state index contributed by atoms with van der Waals surface area (Å²) in [7, 11) is 0. The first-order valence-corrected chi connectivity index (χ1v) is 2.14. The summed E-state index contributed by atoms with van der Waals surface area (Å²) in [6, 6.07) is 0. The summed E-state index contributed by atoms with van der Waals surface area (Å²) in [5.74, 6) is 0. The summed E-state index contributed by atoms with van der Waals surface area (Å²) in [6.45, 7) is 1.61. The van der Waals surface area contributed by atoms with E-state index in [1.165, 1.54) is 0 Å². The Bertz CT molecular complexity index is 108. The van der Waals surface area contributed by atoms with Gasteiger partial charge in [0.15, 0.2) is 0 Å². The van der Waals surface area contributed by atoms with Crippen LogP contribution in [0.1, 0.15) is 6.92 Å². The summed E-state index contributed by atoms with van der Waals surface area (Å²) >= 11 is 5.12. The second-order valence-corrected chi connectivity index (χ2v) is 1.52. The molecule has 0 unspecified atom stereocenters. The van der Waals surface area contributed by atoms with E-state index in [1.807, 2.05) is 0 Å². The van der Waals surface area contributed by atoms with Crippen LogP contribution in [0.4, 0.5) is 0 Å². The van der Waals surface area contributed by atoms with Crippen LogP contribution in [0, 0.1) is 5.41 Å². The van der Waals surface area contributed by atoms with E-state index in [4.69, 9.17) is 22.1 Å². The normalized spacial score (nSPS) is 11.4. The van der Waals surface area contributed by atoms with Crippen LogP contribution in [-0.4, -0.2) is 10.3 Å². The van der Waals surface area contributed by atoms with Crippen molar-refractivity contribution in [3.05, 3.63) is 11.8 Å². The van der Waals surface area contributed by atoms with Crippen molar-refractivity contribution >= 4 is 16.8 Å². The Morgan fingerprint density at radius 2 is 2.29 bits per heavy atom. The lowest BCUT2D eigenvalue weighted by Gasteiger charge is -1.83. The fourth-order valence-corrected chi connectivity index (χ4v) is 0.118. The van der Waals surface area contributed by atoms with Crippen LogP contribution in [0.25, 0.3) is 0 Å². The molecule has 0 bridgehead atoms. The van der Waals surface area contributed by atoms with Gasteiger partial charge in [0.25, 0.3) is 0 Å². The maximum atomic E-state index is 6.68. The van der Waals surface area contributed by atoms with Crippen molar-refractivity contribution in [2.45, 2.75) is 6.92 Å². The van der Waals surface area contributed by atoms with Crippen molar-refractivity contribution in [1.29, 1.82) is 5.41 Å². The summed E-state index contributed by atoms with van der Waals surface area (Å²) < 4.78 is 0. The van der Waals surface area contributed by atoms with E-state index in [-0.39, 0.29) is 5.17 Å². The molecule has 3 N–H and O–H groups in total. The molecule has 7 heavy (non-hydrogen) atoms. The zero-order valence-corrected chi connectivity index (χ0v) is 4.71. The molecule has 0 atom stereocenters. The van der Waals surface area contributed by atoms with Crippen molar-refractivity contribution in [1.82, 2.24) is 0 Å². The second kappa shape index (κ2) is 2.64. The number of hydrogen-bond donors (Lipinski definition) is 1. The van der Waals surface area contributed by atoms with Crippen LogP contribution in [0.2, 0.25) is 0 Å². The minimum atomic E-state index is -0.0602. The molecule has 0 heterocycles. The molecule has 0 aliphatic rings. The van der Waals surface area contributed by atoms with Gasteiger partial charge in [0.1, 0.15) is 5.17 Å². The Balaban J connectivity index is 3.82. The van der Waals surface area contributed by atoms with Crippen LogP contribution in [0.3, 0.4) is 0 Å². The first-order chi connectivity index (χ1) is 3.18. The Morgan fingerprint density at radius 3 is 2.29 bits per heavy atom. The first-order valence-electron chi connectivity index (χ1n) is 1.77. The largest absolute Gasteiger partial charge is 0.598 e. The maximum absolute atomic E-state index is 6.68. The van der Waals surface area contributed by atoms with Gasteiger partial charge in [-0.2, -0.15) is 0 Å². The molecule has 0 fully saturated rings. The molecular weight excluding hydrogens is 114 g/mol. The monoisotopic (exact) mass is 120 g/mol. The molecule has 2 nitrogen and oxygen atoms in total. The van der Waals surface area contributed by atoms with Crippen molar-refractivity contribution in [2.24, 2.45) is 0 Å². The lowest BCUT2D eigenvalue weighted by atomic mass is 10.4. The topological polar surface area (TPSA) is 46.8 Å². The van der Waals surface area contributed by atoms with E-state index < -0.39 is 0 Å². The molecule has 0 saturated heterocycles. The number of halogens is 1. The highest BCUT2D eigenvalue weighted by Crippen LogP contribution is 1.95. The molecule has 0 aliphatic heterocycles. The van der Waals surface area contributed by atoms with Gasteiger partial charge < -0.3 is 5.11 Å². The maximum Gasteiger partial charge on any atom is 0.222 e. The van der Waals surface area contributed by atoms with Crippen molar-refractivity contribution < 1.29 is 5.11 Å². The number of allylic oxidation sites excluding steroid dienone is 1. The SMILES string of the molecule is C/C(=C/[OH2+])C(=N)Cl. The number of nitrogens with one attached hydrogen (secondary N) is 1. The predicted molar refractivity (Wildman–Crippen MR) is 31.0 cm³/mol. The van der Waals surface area contributed by atoms with Crippen molar-refractivity contribution in [3.63, 3.8) is 0 Å². The molecule has 0 aromatic rings. The van der Waals surface area contributed by atoms with Crippen LogP contribution >= 0.6 is 11.6 Å². The van der Waals surface area contributed by atoms with Gasteiger partial charge in [-0.1, -0.05) is 11.6 Å². The number of rotatable bonds is 1. The smallest absolute Gasteiger partial charge is 0.222 e. The van der Waals surface area contributed by atoms with Gasteiger partial charge in [0.05, 0.1) is 5.57 Å². The van der Waals surface area contributed by atoms with E-state index in [1.54, 1.807) is 6.92 Å². The minimum Gasteiger partial charge on any atom is -0.598 e. The van der Waals surface area contributed by atoms with Crippen LogP contribution in [-0.2, 0) is 0 Å². The van der Waals surface area contributed by atoms with Crippen molar-refractivity contribution in [2.75, 3.05) is 0 Å². The molecule has 0 radical (unpaired) electrons. The lowest BCUT2D eigenvalue weighted by Crippen LogP contribution is -1.83. The molecule has 0 amide bonds. The fourth-order valence-electron chi connectivity index (χ4n) is 0.0634. The van der Waals surface area contributed by atoms with E-state index in [0.29, 0.717) is 5.57 Å². The molecular formula is C4H7ClNO+. The molecule has 40 valence electrons. The Kier molecular flexibility index (Phi) is 2.45. The predicted octanol–water partition coefficient (Wildman–Crippen LogP) is 0.831. The molecule has 0 aromatic heterocycles. The highest BCUT2D eigenvalue weighted by molar-refractivity contribution is 6.68. The zero-order valence-electron chi connectivity index (χ0n) is 3.96. The van der Waals surface area contributed by atoms with Gasteiger partial charge in [0.2, 0.25) is 6.26 Å². The second-order valence-electron chi connectivity index (χ2n) is 1.14. The third-order valence-electron chi connectivity index (χ3n) is 0.563. The van der Waals surface area contributed by atoms with Crippen LogP contribution < -0.4 is 0 Å². The molecule has 0 saturated carbocycles. The third kappa shape index (κ3) is 2.23. The van der Waals surface area contributed by atoms with Gasteiger partial charge in [-0.15, -0.1) is 0 Å². The lowest BCUT2D eigenvalue weighted by molar-refractivity contribution is 0.470. The fraction of sp³-hybridized carbons (Fsp3) is 0.250. The van der Waals surface area contributed by atoms with Crippen LogP contribution in [0.5, 0.6) is 0 Å². The third-order valence-corrected chi connectivity index (χ3v) is 0.861. The van der Waals surface area contributed by atoms with Gasteiger partial charge in [-0.25, -0.2) is 0 Å². The molecule has 0 aromatic carbocycles. The minimum absolute atomic E-state index is 0.0602. The molecule has 0 aliphatic carbocycles. The summed E-state index contributed by atoms with van der Waals surface area (Å²) in [6.07, 6.45) is 1.05. The summed E-state index contributed by atoms with van der Waals surface area (Å²) in [4.78, 5) is 0. The van der Waals surface area contributed by atoms with E-state index >= 15 is 0 Å². The molecule has 3 heteroatoms. The average Bonchev–Trinajstić information content (AvgIpc) is 1.65. The standard InChI is InChI=1S/C4H6ClNO/c1-3(2-7)4(5)6/h2,6-7H,1H3/p+1/b3-2-,6-4?. The quantitative estimate of drug-likeness (QED) is 0.303. The van der Waals surface area contributed by atoms with Crippen LogP contribution in [0.15, 0.2) is 11.8 Å². The Morgan fingerprint density at radius 1 is 1.86 bits per heavy atom. The van der Waals surface area contributed by atoms with Gasteiger partial charge >= 0.3 is 0 Å². The van der Waals surface area contributed by atoms with E-state index in [2.05, 4.69) is 0 Å². The highest BCUT2D eigenvalue weighted by Gasteiger charge is 1.92. The molecule has 0 rings (SSSR count). The van der Waals surface area contributed by atoms with E-state index in [0.717, 1.165) is 6.26 Å². The zero-order chi connectivity index (χ0) is 5.86. The van der Waals surface area contributed by atoms with Gasteiger partial charge in [-0.3, -0.25) is 5.41 Å². The number of hydrogen-bond acceptors (Lipinski definition) is 1. The molecule has 0 spiro atoms. The van der Waals surface area contributed by atoms with Gasteiger partial charge in [0, 0.05) is 0 Å². The average molecular weight is 121 g/mol. The van der Waals surface area contributed by atoms with E-state index in [9.17, 15) is 0 Å².